The number of furan rings is 1. The quantitative estimate of drug-likeness (QED) is 0.405. The Hall–Kier alpha value is -2.27. The third-order valence-electron chi connectivity index (χ3n) is 4.69. The van der Waals surface area contributed by atoms with E-state index < -0.39 is 0 Å². The fourth-order valence-corrected chi connectivity index (χ4v) is 3.48. The first kappa shape index (κ1) is 22.0. The summed E-state index contributed by atoms with van der Waals surface area (Å²) in [6.45, 7) is 14.2. The molecule has 28 heavy (non-hydrogen) atoms. The molecule has 2 aromatic rings. The van der Waals surface area contributed by atoms with Gasteiger partial charge in [-0.25, -0.2) is 4.99 Å². The molecule has 1 atom stereocenters. The largest absolute Gasteiger partial charge is 0.460 e. The molecule has 0 fully saturated rings. The van der Waals surface area contributed by atoms with E-state index in [0.29, 0.717) is 0 Å². The van der Waals surface area contributed by atoms with Crippen molar-refractivity contribution in [2.24, 2.45) is 4.99 Å². The lowest BCUT2D eigenvalue weighted by atomic mass is 9.92. The molecule has 0 aliphatic heterocycles. The summed E-state index contributed by atoms with van der Waals surface area (Å²) in [7, 11) is 0. The van der Waals surface area contributed by atoms with E-state index in [9.17, 15) is 0 Å². The number of aliphatic imine (C=N–C) groups is 1. The average Bonchev–Trinajstić information content (AvgIpc) is 3.06. The van der Waals surface area contributed by atoms with E-state index in [1.807, 2.05) is 52.0 Å². The van der Waals surface area contributed by atoms with Crippen LogP contribution in [-0.4, -0.2) is 10.7 Å². The van der Waals surface area contributed by atoms with Gasteiger partial charge in [0.25, 0.3) is 0 Å². The molecule has 1 aromatic carbocycles. The van der Waals surface area contributed by atoms with Gasteiger partial charge in [0, 0.05) is 34.8 Å². The molecule has 1 aliphatic rings. The monoisotopic (exact) mass is 443 g/mol. The van der Waals surface area contributed by atoms with Gasteiger partial charge < -0.3 is 15.5 Å². The first-order valence-electron chi connectivity index (χ1n) is 9.73. The van der Waals surface area contributed by atoms with Crippen LogP contribution in [0, 0.1) is 0 Å². The Balaban J connectivity index is 0.00000136. The maximum absolute atomic E-state index is 5.98. The molecular formula is C23H30BrN3O. The van der Waals surface area contributed by atoms with E-state index >= 15 is 0 Å². The summed E-state index contributed by atoms with van der Waals surface area (Å²) in [6.07, 6.45) is 6.02. The van der Waals surface area contributed by atoms with Crippen molar-refractivity contribution in [2.75, 3.05) is 5.73 Å². The van der Waals surface area contributed by atoms with Gasteiger partial charge in [-0.2, -0.15) is 0 Å². The van der Waals surface area contributed by atoms with Gasteiger partial charge in [-0.3, -0.25) is 0 Å². The van der Waals surface area contributed by atoms with E-state index in [-0.39, 0.29) is 6.04 Å². The number of anilines is 1. The van der Waals surface area contributed by atoms with Crippen molar-refractivity contribution in [3.05, 3.63) is 59.1 Å². The number of nitrogens with zero attached hydrogens (tertiary/aromatic N) is 1. The third-order valence-corrected chi connectivity index (χ3v) is 5.34. The van der Waals surface area contributed by atoms with E-state index in [1.54, 1.807) is 0 Å². The van der Waals surface area contributed by atoms with Gasteiger partial charge in [0.2, 0.25) is 0 Å². The van der Waals surface area contributed by atoms with Gasteiger partial charge in [0.05, 0.1) is 5.70 Å². The molecule has 0 spiro atoms. The van der Waals surface area contributed by atoms with E-state index in [2.05, 4.69) is 45.8 Å². The van der Waals surface area contributed by atoms with Crippen molar-refractivity contribution in [2.45, 2.75) is 53.5 Å². The van der Waals surface area contributed by atoms with Crippen LogP contribution in [0.3, 0.4) is 0 Å². The second kappa shape index (κ2) is 9.78. The summed E-state index contributed by atoms with van der Waals surface area (Å²) in [5.74, 6) is 1.03. The molecule has 4 nitrogen and oxygen atoms in total. The van der Waals surface area contributed by atoms with Crippen LogP contribution in [0.2, 0.25) is 0 Å². The van der Waals surface area contributed by atoms with Crippen LogP contribution < -0.4 is 11.1 Å². The number of nitrogen functional groups attached to an aromatic ring is 1. The van der Waals surface area contributed by atoms with Gasteiger partial charge in [0.1, 0.15) is 16.0 Å². The Morgan fingerprint density at radius 1 is 1.36 bits per heavy atom. The topological polar surface area (TPSA) is 63.5 Å². The lowest BCUT2D eigenvalue weighted by Crippen LogP contribution is -2.30. The Kier molecular flexibility index (Phi) is 7.69. The number of aryl methyl sites for hydroxylation is 1. The minimum absolute atomic E-state index is 0.148. The van der Waals surface area contributed by atoms with Gasteiger partial charge in [0.15, 0.2) is 0 Å². The number of hydrogen-bond acceptors (Lipinski definition) is 4. The molecule has 3 rings (SSSR count). The zero-order valence-electron chi connectivity index (χ0n) is 17.4. The number of benzene rings is 1. The van der Waals surface area contributed by atoms with Gasteiger partial charge in [-0.05, 0) is 73.0 Å². The zero-order chi connectivity index (χ0) is 20.8. The summed E-state index contributed by atoms with van der Waals surface area (Å²) in [5, 5.41) is 4.52. The lowest BCUT2D eigenvalue weighted by molar-refractivity contribution is 0.535. The molecule has 1 heterocycles. The Morgan fingerprint density at radius 3 is 2.75 bits per heavy atom. The highest BCUT2D eigenvalue weighted by molar-refractivity contribution is 9.18. The summed E-state index contributed by atoms with van der Waals surface area (Å²) in [5.41, 5.74) is 11.8. The number of hydrogen-bond donors (Lipinski definition) is 2. The number of fused-ring (bicyclic) bond motifs is 3. The molecular weight excluding hydrogens is 414 g/mol. The maximum Gasteiger partial charge on any atom is 0.135 e. The Labute approximate surface area is 176 Å². The van der Waals surface area contributed by atoms with Crippen LogP contribution in [0.15, 0.2) is 57.2 Å². The molecule has 0 bridgehead atoms. The molecule has 1 aromatic heterocycles. The van der Waals surface area contributed by atoms with Crippen LogP contribution >= 0.6 is 15.9 Å². The normalized spacial score (nSPS) is 15.3. The minimum Gasteiger partial charge on any atom is -0.460 e. The summed E-state index contributed by atoms with van der Waals surface area (Å²) < 4.78 is 6.70. The van der Waals surface area contributed by atoms with E-state index in [0.717, 1.165) is 56.8 Å². The molecule has 0 saturated carbocycles. The van der Waals surface area contributed by atoms with Gasteiger partial charge in [-0.15, -0.1) is 0 Å². The van der Waals surface area contributed by atoms with Crippen LogP contribution in [0.4, 0.5) is 5.69 Å². The van der Waals surface area contributed by atoms with Crippen LogP contribution in [0.1, 0.15) is 52.4 Å². The van der Waals surface area contributed by atoms with Crippen molar-refractivity contribution < 1.29 is 4.42 Å². The van der Waals surface area contributed by atoms with E-state index in [1.165, 1.54) is 5.57 Å². The molecule has 1 aliphatic carbocycles. The highest BCUT2D eigenvalue weighted by Crippen LogP contribution is 2.35. The molecule has 150 valence electrons. The SMILES string of the molecule is C=C(NC(C)C1=Cc2c(oc3ccc(N)cc23)CC1)C(Br)=N/C(C)=C\C.CC. The zero-order valence-corrected chi connectivity index (χ0v) is 19.0. The predicted molar refractivity (Wildman–Crippen MR) is 126 cm³/mol. The molecule has 0 radical (unpaired) electrons. The van der Waals surface area contributed by atoms with Crippen molar-refractivity contribution in [1.82, 2.24) is 5.32 Å². The highest BCUT2D eigenvalue weighted by atomic mass is 79.9. The number of rotatable bonds is 5. The molecule has 0 saturated heterocycles. The standard InChI is InChI=1S/C21H24BrN3O.C2H6/c1-5-12(2)24-21(22)14(4)25-13(3)15-6-8-19-17(10-15)18-11-16(23)7-9-20(18)26-19;1-2/h5,7,9-11,13,25H,4,6,8,23H2,1-3H3;1-2H3/b12-5-,24-21?;. The number of nitrogens with one attached hydrogen (secondary N) is 1. The first-order valence-corrected chi connectivity index (χ1v) is 10.5. The van der Waals surface area contributed by atoms with Crippen LogP contribution in [0.5, 0.6) is 0 Å². The number of nitrogens with two attached hydrogens (primary N) is 1. The lowest BCUT2D eigenvalue weighted by Gasteiger charge is -2.22. The molecule has 0 amide bonds. The molecule has 3 N–H and O–H groups in total. The smallest absolute Gasteiger partial charge is 0.135 e. The summed E-state index contributed by atoms with van der Waals surface area (Å²) in [6, 6.07) is 5.95. The average molecular weight is 444 g/mol. The van der Waals surface area contributed by atoms with Crippen molar-refractivity contribution in [3.8, 4) is 0 Å². The van der Waals surface area contributed by atoms with E-state index in [4.69, 9.17) is 10.2 Å². The summed E-state index contributed by atoms with van der Waals surface area (Å²) in [4.78, 5) is 4.46. The van der Waals surface area contributed by atoms with Crippen molar-refractivity contribution >= 4 is 43.3 Å². The minimum atomic E-state index is 0.148. The Bertz CT molecular complexity index is 950. The van der Waals surface area contributed by atoms with Crippen LogP contribution in [-0.2, 0) is 6.42 Å². The first-order chi connectivity index (χ1) is 13.4. The summed E-state index contributed by atoms with van der Waals surface area (Å²) >= 11 is 3.50. The fraction of sp³-hybridized carbons (Fsp3) is 0.348. The fourth-order valence-electron chi connectivity index (χ4n) is 3.09. The molecule has 1 unspecified atom stereocenters. The second-order valence-electron chi connectivity index (χ2n) is 6.59. The van der Waals surface area contributed by atoms with Gasteiger partial charge in [-0.1, -0.05) is 26.5 Å². The number of allylic oxidation sites excluding steroid dienone is 3. The second-order valence-corrected chi connectivity index (χ2v) is 7.34. The van der Waals surface area contributed by atoms with Gasteiger partial charge >= 0.3 is 0 Å². The third kappa shape index (κ3) is 4.96. The highest BCUT2D eigenvalue weighted by Gasteiger charge is 2.21. The van der Waals surface area contributed by atoms with Crippen molar-refractivity contribution in [3.63, 3.8) is 0 Å². The predicted octanol–water partition coefficient (Wildman–Crippen LogP) is 6.58. The molecule has 5 heteroatoms. The van der Waals surface area contributed by atoms with Crippen LogP contribution in [0.25, 0.3) is 17.0 Å². The Morgan fingerprint density at radius 2 is 2.07 bits per heavy atom. The van der Waals surface area contributed by atoms with Crippen molar-refractivity contribution in [1.29, 1.82) is 0 Å². The number of halogens is 1. The maximum atomic E-state index is 5.98.